The Bertz CT molecular complexity index is 557. The number of benzene rings is 1. The van der Waals surface area contributed by atoms with Crippen LogP contribution in [0.4, 0.5) is 0 Å². The van der Waals surface area contributed by atoms with E-state index in [1.54, 1.807) is 18.3 Å². The summed E-state index contributed by atoms with van der Waals surface area (Å²) in [6.07, 6.45) is 1.68. The molecule has 0 fully saturated rings. The second-order valence-corrected chi connectivity index (χ2v) is 5.33. The van der Waals surface area contributed by atoms with Crippen molar-refractivity contribution in [3.8, 4) is 0 Å². The zero-order valence-electron chi connectivity index (χ0n) is 10.6. The smallest absolute Gasteiger partial charge is 0.253 e. The molecule has 4 heteroatoms. The van der Waals surface area contributed by atoms with Gasteiger partial charge >= 0.3 is 0 Å². The topological polar surface area (TPSA) is 42.0 Å². The number of alkyl halides is 1. The van der Waals surface area contributed by atoms with Crippen molar-refractivity contribution in [2.45, 2.75) is 11.8 Å². The molecule has 0 aliphatic rings. The van der Waals surface area contributed by atoms with Gasteiger partial charge in [-0.3, -0.25) is 9.78 Å². The molecule has 1 aromatic carbocycles. The van der Waals surface area contributed by atoms with Crippen LogP contribution in [0.5, 0.6) is 0 Å². The number of hydrogen-bond donors (Lipinski definition) is 1. The van der Waals surface area contributed by atoms with Gasteiger partial charge in [0.15, 0.2) is 0 Å². The Balaban J connectivity index is 1.96. The van der Waals surface area contributed by atoms with E-state index in [4.69, 9.17) is 0 Å². The van der Waals surface area contributed by atoms with Gasteiger partial charge in [0.25, 0.3) is 5.91 Å². The van der Waals surface area contributed by atoms with Crippen molar-refractivity contribution in [1.82, 2.24) is 10.3 Å². The lowest BCUT2D eigenvalue weighted by Crippen LogP contribution is -2.27. The average Bonchev–Trinajstić information content (AvgIpc) is 2.46. The molecule has 1 heterocycles. The molecule has 19 heavy (non-hydrogen) atoms. The molecule has 1 atom stereocenters. The normalized spacial score (nSPS) is 11.9. The molecule has 2 rings (SSSR count). The maximum absolute atomic E-state index is 12.0. The molecule has 0 saturated carbocycles. The van der Waals surface area contributed by atoms with Crippen LogP contribution in [0.3, 0.4) is 0 Å². The van der Waals surface area contributed by atoms with Gasteiger partial charge in [0.05, 0.1) is 10.4 Å². The molecule has 1 N–H and O–H groups in total. The third kappa shape index (κ3) is 3.64. The maximum atomic E-state index is 12.0. The predicted molar refractivity (Wildman–Crippen MR) is 79.4 cm³/mol. The standard InChI is InChI=1S/C15H15BrN2O/c1-11-13(8-5-9-17-11)15(19)18-10-14(16)12-6-3-2-4-7-12/h2-9,14H,10H2,1H3,(H,18,19). The highest BCUT2D eigenvalue weighted by Gasteiger charge is 2.12. The van der Waals surface area contributed by atoms with Gasteiger partial charge in [-0.1, -0.05) is 46.3 Å². The summed E-state index contributed by atoms with van der Waals surface area (Å²) in [4.78, 5) is 16.2. The fourth-order valence-corrected chi connectivity index (χ4v) is 2.25. The second kappa shape index (κ2) is 6.48. The van der Waals surface area contributed by atoms with Crippen LogP contribution in [0.1, 0.15) is 26.4 Å². The Morgan fingerprint density at radius 2 is 2.00 bits per heavy atom. The number of pyridine rings is 1. The van der Waals surface area contributed by atoms with E-state index < -0.39 is 0 Å². The van der Waals surface area contributed by atoms with Gasteiger partial charge in [-0.25, -0.2) is 0 Å². The van der Waals surface area contributed by atoms with Crippen molar-refractivity contribution in [2.24, 2.45) is 0 Å². The van der Waals surface area contributed by atoms with Crippen LogP contribution in [0.25, 0.3) is 0 Å². The first-order chi connectivity index (χ1) is 9.18. The monoisotopic (exact) mass is 318 g/mol. The summed E-state index contributed by atoms with van der Waals surface area (Å²) in [5.74, 6) is -0.0917. The van der Waals surface area contributed by atoms with Crippen LogP contribution in [0.2, 0.25) is 0 Å². The summed E-state index contributed by atoms with van der Waals surface area (Å²) in [6.45, 7) is 2.37. The summed E-state index contributed by atoms with van der Waals surface area (Å²) >= 11 is 3.58. The van der Waals surface area contributed by atoms with Crippen LogP contribution < -0.4 is 5.32 Å². The number of amides is 1. The first kappa shape index (κ1) is 13.7. The minimum absolute atomic E-state index is 0.0917. The molecule has 0 radical (unpaired) electrons. The fourth-order valence-electron chi connectivity index (χ4n) is 1.78. The van der Waals surface area contributed by atoms with Crippen LogP contribution in [0.15, 0.2) is 48.7 Å². The lowest BCUT2D eigenvalue weighted by Gasteiger charge is -2.12. The van der Waals surface area contributed by atoms with Crippen molar-refractivity contribution in [3.63, 3.8) is 0 Å². The zero-order chi connectivity index (χ0) is 13.7. The van der Waals surface area contributed by atoms with E-state index in [9.17, 15) is 4.79 Å². The number of nitrogens with one attached hydrogen (secondary N) is 1. The van der Waals surface area contributed by atoms with Gasteiger partial charge in [-0.15, -0.1) is 0 Å². The molecule has 1 aromatic heterocycles. The third-order valence-electron chi connectivity index (χ3n) is 2.85. The van der Waals surface area contributed by atoms with Crippen LogP contribution in [-0.4, -0.2) is 17.4 Å². The minimum Gasteiger partial charge on any atom is -0.351 e. The van der Waals surface area contributed by atoms with E-state index in [0.29, 0.717) is 12.1 Å². The fraction of sp³-hybridized carbons (Fsp3) is 0.200. The Morgan fingerprint density at radius 1 is 1.26 bits per heavy atom. The van der Waals surface area contributed by atoms with Gasteiger partial charge in [0.2, 0.25) is 0 Å². The van der Waals surface area contributed by atoms with Crippen molar-refractivity contribution >= 4 is 21.8 Å². The number of carbonyl (C=O) groups excluding carboxylic acids is 1. The average molecular weight is 319 g/mol. The third-order valence-corrected chi connectivity index (χ3v) is 3.71. The van der Waals surface area contributed by atoms with Crippen LogP contribution in [0, 0.1) is 6.92 Å². The number of nitrogens with zero attached hydrogens (tertiary/aromatic N) is 1. The van der Waals surface area contributed by atoms with E-state index in [1.807, 2.05) is 37.3 Å². The lowest BCUT2D eigenvalue weighted by atomic mass is 10.1. The molecule has 0 spiro atoms. The van der Waals surface area contributed by atoms with Gasteiger partial charge < -0.3 is 5.32 Å². The summed E-state index contributed by atoms with van der Waals surface area (Å²) < 4.78 is 0. The predicted octanol–water partition coefficient (Wildman–Crippen LogP) is 3.26. The van der Waals surface area contributed by atoms with Crippen LogP contribution in [-0.2, 0) is 0 Å². The largest absolute Gasteiger partial charge is 0.351 e. The number of aryl methyl sites for hydroxylation is 1. The first-order valence-corrected chi connectivity index (χ1v) is 6.99. The number of rotatable bonds is 4. The molecular formula is C15H15BrN2O. The quantitative estimate of drug-likeness (QED) is 0.879. The van der Waals surface area contributed by atoms with Gasteiger partial charge in [0, 0.05) is 18.4 Å². The van der Waals surface area contributed by atoms with E-state index >= 15 is 0 Å². The molecule has 2 aromatic rings. The number of aromatic nitrogens is 1. The number of halogens is 1. The van der Waals surface area contributed by atoms with Gasteiger partial charge in [-0.05, 0) is 24.6 Å². The number of hydrogen-bond acceptors (Lipinski definition) is 2. The summed E-state index contributed by atoms with van der Waals surface area (Å²) in [5.41, 5.74) is 2.51. The van der Waals surface area contributed by atoms with E-state index in [0.717, 1.165) is 11.3 Å². The molecule has 0 bridgehead atoms. The molecule has 0 aliphatic carbocycles. The summed E-state index contributed by atoms with van der Waals surface area (Å²) in [7, 11) is 0. The van der Waals surface area contributed by atoms with Gasteiger partial charge in [-0.2, -0.15) is 0 Å². The number of carbonyl (C=O) groups is 1. The SMILES string of the molecule is Cc1ncccc1C(=O)NCC(Br)c1ccccc1. The Morgan fingerprint density at radius 3 is 2.68 bits per heavy atom. The Hall–Kier alpha value is -1.68. The van der Waals surface area contributed by atoms with Crippen molar-refractivity contribution in [1.29, 1.82) is 0 Å². The summed E-state index contributed by atoms with van der Waals surface area (Å²) in [6, 6.07) is 13.5. The van der Waals surface area contributed by atoms with E-state index in [2.05, 4.69) is 26.2 Å². The molecule has 1 amide bonds. The molecule has 0 aliphatic heterocycles. The lowest BCUT2D eigenvalue weighted by molar-refractivity contribution is 0.0953. The highest BCUT2D eigenvalue weighted by molar-refractivity contribution is 9.09. The molecule has 0 saturated heterocycles. The first-order valence-electron chi connectivity index (χ1n) is 6.07. The summed E-state index contributed by atoms with van der Waals surface area (Å²) in [5, 5.41) is 2.91. The van der Waals surface area contributed by atoms with Gasteiger partial charge in [0.1, 0.15) is 0 Å². The Kier molecular flexibility index (Phi) is 4.68. The van der Waals surface area contributed by atoms with Crippen molar-refractivity contribution in [2.75, 3.05) is 6.54 Å². The second-order valence-electron chi connectivity index (χ2n) is 4.22. The Labute approximate surface area is 121 Å². The molecule has 1 unspecified atom stereocenters. The maximum Gasteiger partial charge on any atom is 0.253 e. The van der Waals surface area contributed by atoms with E-state index in [1.165, 1.54) is 0 Å². The molecule has 3 nitrogen and oxygen atoms in total. The van der Waals surface area contributed by atoms with Crippen LogP contribution >= 0.6 is 15.9 Å². The van der Waals surface area contributed by atoms with Crippen molar-refractivity contribution < 1.29 is 4.79 Å². The molecular weight excluding hydrogens is 304 g/mol. The highest BCUT2D eigenvalue weighted by Crippen LogP contribution is 2.21. The van der Waals surface area contributed by atoms with Crippen molar-refractivity contribution in [3.05, 3.63) is 65.5 Å². The highest BCUT2D eigenvalue weighted by atomic mass is 79.9. The zero-order valence-corrected chi connectivity index (χ0v) is 12.2. The molecule has 98 valence electrons. The van der Waals surface area contributed by atoms with E-state index in [-0.39, 0.29) is 10.7 Å². The minimum atomic E-state index is -0.0917.